The van der Waals surface area contributed by atoms with E-state index in [4.69, 9.17) is 4.74 Å². The SMILES string of the molecule is Cc1cc(C)n(CC(C)NC(=O)NCCc2ccc3c(c2)CCO3)n1. The number of rotatable bonds is 6. The Balaban J connectivity index is 1.41. The highest BCUT2D eigenvalue weighted by Crippen LogP contribution is 2.25. The molecule has 0 bridgehead atoms. The molecule has 6 nitrogen and oxygen atoms in total. The lowest BCUT2D eigenvalue weighted by molar-refractivity contribution is 0.236. The first kappa shape index (κ1) is 17.3. The molecule has 0 aliphatic carbocycles. The molecular weight excluding hydrogens is 316 g/mol. The minimum absolute atomic E-state index is 0.00939. The molecule has 0 radical (unpaired) electrons. The summed E-state index contributed by atoms with van der Waals surface area (Å²) in [6.07, 6.45) is 1.79. The average Bonchev–Trinajstić information content (AvgIpc) is 3.13. The van der Waals surface area contributed by atoms with E-state index in [0.717, 1.165) is 36.6 Å². The molecule has 1 aromatic carbocycles. The Morgan fingerprint density at radius 1 is 1.36 bits per heavy atom. The Kier molecular flexibility index (Phi) is 5.26. The van der Waals surface area contributed by atoms with Crippen molar-refractivity contribution in [2.45, 2.75) is 46.2 Å². The van der Waals surface area contributed by atoms with Gasteiger partial charge in [0.05, 0.1) is 18.8 Å². The van der Waals surface area contributed by atoms with Gasteiger partial charge >= 0.3 is 6.03 Å². The van der Waals surface area contributed by atoms with Gasteiger partial charge in [-0.25, -0.2) is 4.79 Å². The van der Waals surface area contributed by atoms with Crippen molar-refractivity contribution in [3.63, 3.8) is 0 Å². The van der Waals surface area contributed by atoms with Crippen molar-refractivity contribution in [1.29, 1.82) is 0 Å². The summed E-state index contributed by atoms with van der Waals surface area (Å²) in [7, 11) is 0. The lowest BCUT2D eigenvalue weighted by Crippen LogP contribution is -2.43. The Morgan fingerprint density at radius 3 is 2.96 bits per heavy atom. The van der Waals surface area contributed by atoms with Crippen LogP contribution in [0.1, 0.15) is 29.4 Å². The first-order chi connectivity index (χ1) is 12.0. The zero-order valence-electron chi connectivity index (χ0n) is 15.1. The van der Waals surface area contributed by atoms with Crippen LogP contribution in [0, 0.1) is 13.8 Å². The quantitative estimate of drug-likeness (QED) is 0.847. The van der Waals surface area contributed by atoms with E-state index >= 15 is 0 Å². The summed E-state index contributed by atoms with van der Waals surface area (Å²) in [6.45, 7) is 8.02. The molecule has 2 heterocycles. The van der Waals surface area contributed by atoms with E-state index in [0.29, 0.717) is 13.1 Å². The van der Waals surface area contributed by atoms with E-state index in [2.05, 4.69) is 27.9 Å². The Bertz CT molecular complexity index is 754. The second-order valence-electron chi connectivity index (χ2n) is 6.70. The monoisotopic (exact) mass is 342 g/mol. The molecule has 0 saturated carbocycles. The molecule has 1 unspecified atom stereocenters. The van der Waals surface area contributed by atoms with Gasteiger partial charge in [-0.05, 0) is 50.5 Å². The average molecular weight is 342 g/mol. The molecule has 0 spiro atoms. The van der Waals surface area contributed by atoms with E-state index in [1.165, 1.54) is 11.1 Å². The van der Waals surface area contributed by atoms with Crippen molar-refractivity contribution >= 4 is 6.03 Å². The standard InChI is InChI=1S/C19H26N4O2/c1-13-10-15(3)23(22-13)12-14(2)21-19(24)20-8-6-16-4-5-18-17(11-16)7-9-25-18/h4-5,10-11,14H,6-9,12H2,1-3H3,(H2,20,21,24). The summed E-state index contributed by atoms with van der Waals surface area (Å²) >= 11 is 0. The van der Waals surface area contributed by atoms with E-state index in [1.54, 1.807) is 0 Å². The van der Waals surface area contributed by atoms with E-state index < -0.39 is 0 Å². The lowest BCUT2D eigenvalue weighted by Gasteiger charge is -2.15. The molecular formula is C19H26N4O2. The minimum atomic E-state index is -0.140. The summed E-state index contributed by atoms with van der Waals surface area (Å²) in [5.41, 5.74) is 4.58. The molecule has 3 rings (SSSR count). The molecule has 1 aliphatic rings. The van der Waals surface area contributed by atoms with Crippen LogP contribution in [-0.2, 0) is 19.4 Å². The van der Waals surface area contributed by atoms with Gasteiger partial charge in [0.15, 0.2) is 0 Å². The fourth-order valence-corrected chi connectivity index (χ4v) is 3.16. The van der Waals surface area contributed by atoms with Crippen molar-refractivity contribution < 1.29 is 9.53 Å². The molecule has 0 saturated heterocycles. The topological polar surface area (TPSA) is 68.2 Å². The summed E-state index contributed by atoms with van der Waals surface area (Å²) in [4.78, 5) is 12.0. The van der Waals surface area contributed by atoms with Crippen LogP contribution in [0.15, 0.2) is 24.3 Å². The van der Waals surface area contributed by atoms with Gasteiger partial charge in [-0.2, -0.15) is 5.10 Å². The molecule has 2 amide bonds. The maximum Gasteiger partial charge on any atom is 0.315 e. The molecule has 25 heavy (non-hydrogen) atoms. The number of carbonyl (C=O) groups is 1. The Hall–Kier alpha value is -2.50. The predicted octanol–water partition coefficient (Wildman–Crippen LogP) is 2.37. The predicted molar refractivity (Wildman–Crippen MR) is 97.0 cm³/mol. The van der Waals surface area contributed by atoms with Gasteiger partial charge in [-0.15, -0.1) is 0 Å². The minimum Gasteiger partial charge on any atom is -0.493 e. The number of fused-ring (bicyclic) bond motifs is 1. The highest BCUT2D eigenvalue weighted by molar-refractivity contribution is 5.74. The molecule has 6 heteroatoms. The number of hydrogen-bond donors (Lipinski definition) is 2. The van der Waals surface area contributed by atoms with Gasteiger partial charge in [0.2, 0.25) is 0 Å². The summed E-state index contributed by atoms with van der Waals surface area (Å²) in [5, 5.41) is 10.3. The normalized spacial score (nSPS) is 13.9. The largest absolute Gasteiger partial charge is 0.493 e. The summed E-state index contributed by atoms with van der Waals surface area (Å²) in [6, 6.07) is 8.17. The van der Waals surface area contributed by atoms with Gasteiger partial charge in [0, 0.05) is 24.7 Å². The number of nitrogens with zero attached hydrogens (tertiary/aromatic N) is 2. The molecule has 1 aromatic heterocycles. The highest BCUT2D eigenvalue weighted by Gasteiger charge is 2.12. The summed E-state index contributed by atoms with van der Waals surface area (Å²) in [5.74, 6) is 0.993. The fraction of sp³-hybridized carbons (Fsp3) is 0.474. The van der Waals surface area contributed by atoms with Crippen LogP contribution >= 0.6 is 0 Å². The molecule has 2 N–H and O–H groups in total. The van der Waals surface area contributed by atoms with E-state index in [-0.39, 0.29) is 12.1 Å². The first-order valence-corrected chi connectivity index (χ1v) is 8.81. The molecule has 2 aromatic rings. The van der Waals surface area contributed by atoms with Crippen LogP contribution in [-0.4, -0.2) is 35.0 Å². The van der Waals surface area contributed by atoms with Crippen LogP contribution in [0.2, 0.25) is 0 Å². The van der Waals surface area contributed by atoms with Crippen molar-refractivity contribution in [2.24, 2.45) is 0 Å². The zero-order chi connectivity index (χ0) is 17.8. The molecule has 1 atom stereocenters. The van der Waals surface area contributed by atoms with Crippen LogP contribution < -0.4 is 15.4 Å². The smallest absolute Gasteiger partial charge is 0.315 e. The van der Waals surface area contributed by atoms with Gasteiger partial charge in [-0.3, -0.25) is 4.68 Å². The number of carbonyl (C=O) groups excluding carboxylic acids is 1. The highest BCUT2D eigenvalue weighted by atomic mass is 16.5. The van der Waals surface area contributed by atoms with Crippen molar-refractivity contribution in [3.05, 3.63) is 46.8 Å². The van der Waals surface area contributed by atoms with Crippen molar-refractivity contribution in [1.82, 2.24) is 20.4 Å². The summed E-state index contributed by atoms with van der Waals surface area (Å²) < 4.78 is 7.44. The molecule has 134 valence electrons. The first-order valence-electron chi connectivity index (χ1n) is 8.81. The van der Waals surface area contributed by atoms with E-state index in [1.807, 2.05) is 37.6 Å². The maximum atomic E-state index is 12.0. The third kappa shape index (κ3) is 4.53. The molecule has 0 fully saturated rings. The molecule has 1 aliphatic heterocycles. The number of hydrogen-bond acceptors (Lipinski definition) is 3. The second kappa shape index (κ2) is 7.59. The Morgan fingerprint density at radius 2 is 2.20 bits per heavy atom. The van der Waals surface area contributed by atoms with E-state index in [9.17, 15) is 4.79 Å². The van der Waals surface area contributed by atoms with Gasteiger partial charge in [0.25, 0.3) is 0 Å². The number of benzene rings is 1. The number of urea groups is 1. The number of aryl methyl sites for hydroxylation is 2. The van der Waals surface area contributed by atoms with Crippen molar-refractivity contribution in [2.75, 3.05) is 13.2 Å². The van der Waals surface area contributed by atoms with Crippen LogP contribution in [0.4, 0.5) is 4.79 Å². The fourth-order valence-electron chi connectivity index (χ4n) is 3.16. The Labute approximate surface area is 148 Å². The number of nitrogens with one attached hydrogen (secondary N) is 2. The maximum absolute atomic E-state index is 12.0. The van der Waals surface area contributed by atoms with Crippen LogP contribution in [0.25, 0.3) is 0 Å². The van der Waals surface area contributed by atoms with Crippen molar-refractivity contribution in [3.8, 4) is 5.75 Å². The number of aromatic nitrogens is 2. The third-order valence-electron chi connectivity index (χ3n) is 4.38. The second-order valence-corrected chi connectivity index (χ2v) is 6.70. The lowest BCUT2D eigenvalue weighted by atomic mass is 10.1. The third-order valence-corrected chi connectivity index (χ3v) is 4.38. The van der Waals surface area contributed by atoms with Gasteiger partial charge in [0.1, 0.15) is 5.75 Å². The van der Waals surface area contributed by atoms with Gasteiger partial charge < -0.3 is 15.4 Å². The van der Waals surface area contributed by atoms with Crippen LogP contribution in [0.3, 0.4) is 0 Å². The van der Waals surface area contributed by atoms with Crippen LogP contribution in [0.5, 0.6) is 5.75 Å². The zero-order valence-corrected chi connectivity index (χ0v) is 15.1. The number of ether oxygens (including phenoxy) is 1. The van der Waals surface area contributed by atoms with Gasteiger partial charge in [-0.1, -0.05) is 12.1 Å². The number of amides is 2.